The number of H-pyrrole nitrogens is 1. The first kappa shape index (κ1) is 23.1. The topological polar surface area (TPSA) is 86.4 Å². The van der Waals surface area contributed by atoms with E-state index in [4.69, 9.17) is 4.98 Å². The molecule has 0 saturated heterocycles. The highest BCUT2D eigenvalue weighted by molar-refractivity contribution is 7.19. The zero-order valence-corrected chi connectivity index (χ0v) is 20.7. The van der Waals surface area contributed by atoms with E-state index in [-0.39, 0.29) is 17.4 Å². The molecule has 8 heteroatoms. The quantitative estimate of drug-likeness (QED) is 0.392. The van der Waals surface area contributed by atoms with Crippen LogP contribution >= 0.6 is 11.3 Å². The number of thiophene rings is 1. The summed E-state index contributed by atoms with van der Waals surface area (Å²) in [7, 11) is 1.93. The van der Waals surface area contributed by atoms with Gasteiger partial charge in [0.15, 0.2) is 0 Å². The van der Waals surface area contributed by atoms with Crippen LogP contribution in [0.4, 0.5) is 0 Å². The van der Waals surface area contributed by atoms with E-state index in [1.165, 1.54) is 21.8 Å². The van der Waals surface area contributed by atoms with Crippen molar-refractivity contribution >= 4 is 33.4 Å². The zero-order chi connectivity index (χ0) is 24.7. The molecule has 0 fully saturated rings. The Labute approximate surface area is 207 Å². The van der Waals surface area contributed by atoms with E-state index >= 15 is 0 Å². The fraction of sp³-hybridized carbons (Fsp3) is 0.259. The van der Waals surface area contributed by atoms with E-state index in [0.29, 0.717) is 48.4 Å². The van der Waals surface area contributed by atoms with Crippen LogP contribution in [-0.2, 0) is 6.54 Å². The van der Waals surface area contributed by atoms with Gasteiger partial charge in [-0.2, -0.15) is 0 Å². The van der Waals surface area contributed by atoms with Crippen LogP contribution in [0.1, 0.15) is 43.4 Å². The second-order valence-corrected chi connectivity index (χ2v) is 10.2. The SMILES string of the molecule is Cc1ccc(-c2c(C)sc3nc(CN(C)CCCN4C(=O)c5ccccc5C4=O)[nH]c(=O)c23)cc1. The average Bonchev–Trinajstić information content (AvgIpc) is 3.29. The van der Waals surface area contributed by atoms with Crippen molar-refractivity contribution in [3.05, 3.63) is 86.3 Å². The Bertz CT molecular complexity index is 1470. The van der Waals surface area contributed by atoms with Gasteiger partial charge in [-0.25, -0.2) is 4.98 Å². The predicted octanol–water partition coefficient (Wildman–Crippen LogP) is 4.39. The molecule has 0 atom stereocenters. The lowest BCUT2D eigenvalue weighted by molar-refractivity contribution is 0.0648. The van der Waals surface area contributed by atoms with E-state index in [9.17, 15) is 14.4 Å². The lowest BCUT2D eigenvalue weighted by Gasteiger charge is -2.18. The number of imide groups is 1. The number of hydrogen-bond donors (Lipinski definition) is 1. The summed E-state index contributed by atoms with van der Waals surface area (Å²) in [5, 5.41) is 0.633. The van der Waals surface area contributed by atoms with Crippen molar-refractivity contribution in [1.82, 2.24) is 19.8 Å². The van der Waals surface area contributed by atoms with Gasteiger partial charge in [0, 0.05) is 23.5 Å². The molecule has 0 aliphatic carbocycles. The van der Waals surface area contributed by atoms with Crippen LogP contribution in [0.2, 0.25) is 0 Å². The minimum absolute atomic E-state index is 0.135. The predicted molar refractivity (Wildman–Crippen MR) is 138 cm³/mol. The summed E-state index contributed by atoms with van der Waals surface area (Å²) in [5.41, 5.74) is 3.94. The van der Waals surface area contributed by atoms with Crippen LogP contribution in [0.25, 0.3) is 21.3 Å². The number of nitrogens with zero attached hydrogens (tertiary/aromatic N) is 3. The van der Waals surface area contributed by atoms with Gasteiger partial charge in [0.05, 0.1) is 23.1 Å². The molecule has 2 aromatic heterocycles. The van der Waals surface area contributed by atoms with Gasteiger partial charge in [-0.1, -0.05) is 42.0 Å². The molecule has 1 N–H and O–H groups in total. The first-order chi connectivity index (χ1) is 16.8. The number of nitrogens with one attached hydrogen (secondary N) is 1. The number of carbonyl (C=O) groups excluding carboxylic acids is 2. The highest BCUT2D eigenvalue weighted by Gasteiger charge is 2.34. The number of fused-ring (bicyclic) bond motifs is 2. The molecule has 178 valence electrons. The summed E-state index contributed by atoms with van der Waals surface area (Å²) in [6, 6.07) is 15.1. The van der Waals surface area contributed by atoms with Crippen molar-refractivity contribution in [2.24, 2.45) is 0 Å². The summed E-state index contributed by atoms with van der Waals surface area (Å²) in [5.74, 6) is 0.131. The largest absolute Gasteiger partial charge is 0.309 e. The summed E-state index contributed by atoms with van der Waals surface area (Å²) < 4.78 is 0. The maximum absolute atomic E-state index is 13.0. The van der Waals surface area contributed by atoms with Crippen LogP contribution in [0, 0.1) is 13.8 Å². The van der Waals surface area contributed by atoms with Crippen molar-refractivity contribution in [3.8, 4) is 11.1 Å². The first-order valence-electron chi connectivity index (χ1n) is 11.6. The minimum Gasteiger partial charge on any atom is -0.309 e. The van der Waals surface area contributed by atoms with Crippen molar-refractivity contribution in [1.29, 1.82) is 0 Å². The molecule has 0 saturated carbocycles. The minimum atomic E-state index is -0.234. The molecule has 7 nitrogen and oxygen atoms in total. The molecule has 0 bridgehead atoms. The Morgan fingerprint density at radius 1 is 0.971 bits per heavy atom. The van der Waals surface area contributed by atoms with E-state index in [0.717, 1.165) is 20.8 Å². The van der Waals surface area contributed by atoms with Crippen molar-refractivity contribution in [2.45, 2.75) is 26.8 Å². The Morgan fingerprint density at radius 3 is 2.29 bits per heavy atom. The van der Waals surface area contributed by atoms with E-state index in [1.807, 2.05) is 50.1 Å². The third-order valence-electron chi connectivity index (χ3n) is 6.35. The molecule has 1 aliphatic rings. The molecule has 35 heavy (non-hydrogen) atoms. The third-order valence-corrected chi connectivity index (χ3v) is 7.35. The monoisotopic (exact) mass is 486 g/mol. The number of hydrogen-bond acceptors (Lipinski definition) is 6. The van der Waals surface area contributed by atoms with Crippen molar-refractivity contribution in [3.63, 3.8) is 0 Å². The molecule has 0 radical (unpaired) electrons. The van der Waals surface area contributed by atoms with Gasteiger partial charge in [-0.15, -0.1) is 11.3 Å². The highest BCUT2D eigenvalue weighted by Crippen LogP contribution is 2.35. The number of aryl methyl sites for hydroxylation is 2. The van der Waals surface area contributed by atoms with Gasteiger partial charge < -0.3 is 4.98 Å². The van der Waals surface area contributed by atoms with Gasteiger partial charge in [-0.3, -0.25) is 24.2 Å². The van der Waals surface area contributed by atoms with Crippen LogP contribution in [0.3, 0.4) is 0 Å². The number of aromatic amines is 1. The molecule has 0 spiro atoms. The number of carbonyl (C=O) groups is 2. The standard InChI is InChI=1S/C27H26N4O3S/c1-16-9-11-18(12-10-16)22-17(2)35-25-23(22)24(32)28-21(29-25)15-30(3)13-6-14-31-26(33)19-7-4-5-8-20(19)27(31)34/h4-5,7-12H,6,13-15H2,1-3H3,(H,28,29,32). The normalized spacial score (nSPS) is 13.3. The Balaban J connectivity index is 1.26. The van der Waals surface area contributed by atoms with E-state index in [1.54, 1.807) is 24.3 Å². The van der Waals surface area contributed by atoms with Gasteiger partial charge in [0.1, 0.15) is 10.7 Å². The zero-order valence-electron chi connectivity index (χ0n) is 19.9. The number of amides is 2. The van der Waals surface area contributed by atoms with Crippen LogP contribution in [0.5, 0.6) is 0 Å². The summed E-state index contributed by atoms with van der Waals surface area (Å²) >= 11 is 1.53. The molecular formula is C27H26N4O3S. The van der Waals surface area contributed by atoms with Crippen LogP contribution in [-0.4, -0.2) is 51.7 Å². The van der Waals surface area contributed by atoms with Crippen molar-refractivity contribution < 1.29 is 9.59 Å². The fourth-order valence-corrected chi connectivity index (χ4v) is 5.65. The summed E-state index contributed by atoms with van der Waals surface area (Å²) in [6.07, 6.45) is 0.629. The first-order valence-corrected chi connectivity index (χ1v) is 12.4. The molecular weight excluding hydrogens is 460 g/mol. The third kappa shape index (κ3) is 4.31. The second-order valence-electron chi connectivity index (χ2n) is 8.99. The molecule has 1 aliphatic heterocycles. The molecule has 4 aromatic rings. The van der Waals surface area contributed by atoms with E-state index in [2.05, 4.69) is 4.98 Å². The van der Waals surface area contributed by atoms with Gasteiger partial charge in [-0.05, 0) is 45.0 Å². The molecule has 0 unspecified atom stereocenters. The molecule has 2 amide bonds. The van der Waals surface area contributed by atoms with Crippen molar-refractivity contribution in [2.75, 3.05) is 20.1 Å². The second kappa shape index (κ2) is 9.20. The van der Waals surface area contributed by atoms with Crippen LogP contribution in [0.15, 0.2) is 53.3 Å². The van der Waals surface area contributed by atoms with Gasteiger partial charge >= 0.3 is 0 Å². The maximum Gasteiger partial charge on any atom is 0.261 e. The molecule has 5 rings (SSSR count). The summed E-state index contributed by atoms with van der Waals surface area (Å²) in [4.78, 5) is 50.9. The smallest absolute Gasteiger partial charge is 0.261 e. The number of rotatable bonds is 7. The lowest BCUT2D eigenvalue weighted by atomic mass is 10.0. The average molecular weight is 487 g/mol. The van der Waals surface area contributed by atoms with Crippen LogP contribution < -0.4 is 5.56 Å². The number of benzene rings is 2. The fourth-order valence-electron chi connectivity index (χ4n) is 4.58. The van der Waals surface area contributed by atoms with Gasteiger partial charge in [0.2, 0.25) is 0 Å². The summed E-state index contributed by atoms with van der Waals surface area (Å²) in [6.45, 7) is 5.52. The molecule has 2 aromatic carbocycles. The lowest BCUT2D eigenvalue weighted by Crippen LogP contribution is -2.33. The highest BCUT2D eigenvalue weighted by atomic mass is 32.1. The maximum atomic E-state index is 13.0. The Kier molecular flexibility index (Phi) is 6.08. The Morgan fingerprint density at radius 2 is 1.63 bits per heavy atom. The number of aromatic nitrogens is 2. The Hall–Kier alpha value is -3.62. The molecule has 3 heterocycles. The van der Waals surface area contributed by atoms with Gasteiger partial charge in [0.25, 0.3) is 17.4 Å². The van der Waals surface area contributed by atoms with E-state index < -0.39 is 0 Å².